The topological polar surface area (TPSA) is 49.4 Å². The van der Waals surface area contributed by atoms with Gasteiger partial charge < -0.3 is 5.32 Å². The largest absolute Gasteiger partial charge is 0.314 e. The molecular weight excluding hydrogens is 308 g/mol. The van der Waals surface area contributed by atoms with E-state index >= 15 is 0 Å². The van der Waals surface area contributed by atoms with Crippen LogP contribution in [0.3, 0.4) is 0 Å². The van der Waals surface area contributed by atoms with Crippen LogP contribution in [0.5, 0.6) is 0 Å². The third-order valence-electron chi connectivity index (χ3n) is 5.28. The van der Waals surface area contributed by atoms with Crippen molar-refractivity contribution < 1.29 is 8.42 Å². The number of fused-ring (bicyclic) bond motifs is 1. The van der Waals surface area contributed by atoms with Crippen LogP contribution in [0.25, 0.3) is 0 Å². The molecule has 3 atom stereocenters. The predicted molar refractivity (Wildman–Crippen MR) is 94.1 cm³/mol. The molecule has 128 valence electrons. The van der Waals surface area contributed by atoms with Gasteiger partial charge in [0.2, 0.25) is 0 Å². The summed E-state index contributed by atoms with van der Waals surface area (Å²) in [6.07, 6.45) is 4.59. The van der Waals surface area contributed by atoms with Crippen LogP contribution in [0.1, 0.15) is 24.8 Å². The van der Waals surface area contributed by atoms with Crippen LogP contribution in [0.15, 0.2) is 30.3 Å². The van der Waals surface area contributed by atoms with Crippen molar-refractivity contribution >= 4 is 9.84 Å². The summed E-state index contributed by atoms with van der Waals surface area (Å²) >= 11 is 0. The molecule has 1 saturated heterocycles. The summed E-state index contributed by atoms with van der Waals surface area (Å²) in [6.45, 7) is 4.25. The van der Waals surface area contributed by atoms with Crippen molar-refractivity contribution in [3.8, 4) is 0 Å². The molecule has 0 spiro atoms. The summed E-state index contributed by atoms with van der Waals surface area (Å²) in [5, 5.41) is 3.62. The van der Waals surface area contributed by atoms with Crippen molar-refractivity contribution in [2.45, 2.75) is 31.8 Å². The van der Waals surface area contributed by atoms with Crippen molar-refractivity contribution in [1.29, 1.82) is 0 Å². The number of nitrogens with zero attached hydrogens (tertiary/aromatic N) is 1. The molecule has 23 heavy (non-hydrogen) atoms. The molecule has 2 fully saturated rings. The fourth-order valence-corrected chi connectivity index (χ4v) is 4.87. The molecule has 2 aliphatic rings. The van der Waals surface area contributed by atoms with Crippen LogP contribution in [0.4, 0.5) is 0 Å². The Bertz CT molecular complexity index is 603. The van der Waals surface area contributed by atoms with E-state index in [9.17, 15) is 8.42 Å². The second-order valence-corrected chi connectivity index (χ2v) is 9.48. The molecular formula is C18H28N2O2S. The van der Waals surface area contributed by atoms with Gasteiger partial charge in [-0.3, -0.25) is 4.90 Å². The van der Waals surface area contributed by atoms with Crippen LogP contribution < -0.4 is 5.32 Å². The molecule has 1 aliphatic heterocycles. The predicted octanol–water partition coefficient (Wildman–Crippen LogP) is 1.92. The molecule has 1 heterocycles. The van der Waals surface area contributed by atoms with Gasteiger partial charge in [-0.25, -0.2) is 8.42 Å². The van der Waals surface area contributed by atoms with Crippen molar-refractivity contribution in [2.24, 2.45) is 11.8 Å². The smallest absolute Gasteiger partial charge is 0.147 e. The van der Waals surface area contributed by atoms with E-state index in [0.29, 0.717) is 11.8 Å². The molecule has 1 aromatic rings. The summed E-state index contributed by atoms with van der Waals surface area (Å²) in [7, 11) is -2.83. The van der Waals surface area contributed by atoms with E-state index in [1.807, 2.05) is 0 Å². The summed E-state index contributed by atoms with van der Waals surface area (Å²) < 4.78 is 22.4. The number of benzene rings is 1. The van der Waals surface area contributed by atoms with Gasteiger partial charge in [-0.2, -0.15) is 0 Å². The highest BCUT2D eigenvalue weighted by molar-refractivity contribution is 7.90. The van der Waals surface area contributed by atoms with E-state index in [0.717, 1.165) is 31.3 Å². The first-order chi connectivity index (χ1) is 11.0. The lowest BCUT2D eigenvalue weighted by Crippen LogP contribution is -2.36. The zero-order valence-electron chi connectivity index (χ0n) is 13.9. The lowest BCUT2D eigenvalue weighted by Gasteiger charge is -2.22. The number of rotatable bonds is 7. The van der Waals surface area contributed by atoms with Gasteiger partial charge in [-0.1, -0.05) is 30.3 Å². The molecule has 5 heteroatoms. The SMILES string of the molecule is CS(=O)(=O)CCCN[C@@H]1CC[C@H]2CN(Cc3ccccc3)C[C@@H]21. The molecule has 0 radical (unpaired) electrons. The van der Waals surface area contributed by atoms with Gasteiger partial charge >= 0.3 is 0 Å². The lowest BCUT2D eigenvalue weighted by atomic mass is 9.98. The van der Waals surface area contributed by atoms with Crippen LogP contribution in [0, 0.1) is 11.8 Å². The van der Waals surface area contributed by atoms with E-state index in [2.05, 4.69) is 40.5 Å². The van der Waals surface area contributed by atoms with Crippen LogP contribution in [-0.2, 0) is 16.4 Å². The van der Waals surface area contributed by atoms with Crippen LogP contribution >= 0.6 is 0 Å². The fraction of sp³-hybridized carbons (Fsp3) is 0.667. The monoisotopic (exact) mass is 336 g/mol. The Morgan fingerprint density at radius 3 is 2.70 bits per heavy atom. The Labute approximate surface area is 140 Å². The highest BCUT2D eigenvalue weighted by Crippen LogP contribution is 2.38. The van der Waals surface area contributed by atoms with E-state index in [4.69, 9.17) is 0 Å². The van der Waals surface area contributed by atoms with E-state index < -0.39 is 9.84 Å². The van der Waals surface area contributed by atoms with Gasteiger partial charge in [0.05, 0.1) is 5.75 Å². The van der Waals surface area contributed by atoms with Gasteiger partial charge in [0.15, 0.2) is 0 Å². The summed E-state index contributed by atoms with van der Waals surface area (Å²) in [6, 6.07) is 11.3. The molecule has 0 amide bonds. The minimum Gasteiger partial charge on any atom is -0.314 e. The highest BCUT2D eigenvalue weighted by Gasteiger charge is 2.41. The van der Waals surface area contributed by atoms with Crippen molar-refractivity contribution in [3.63, 3.8) is 0 Å². The maximum Gasteiger partial charge on any atom is 0.147 e. The van der Waals surface area contributed by atoms with Gasteiger partial charge in [0.1, 0.15) is 9.84 Å². The average molecular weight is 337 g/mol. The average Bonchev–Trinajstić information content (AvgIpc) is 3.04. The first-order valence-electron chi connectivity index (χ1n) is 8.69. The third kappa shape index (κ3) is 4.78. The maximum absolute atomic E-state index is 11.2. The molecule has 3 rings (SSSR count). The molecule has 0 aromatic heterocycles. The minimum atomic E-state index is -2.83. The number of hydrogen-bond donors (Lipinski definition) is 1. The molecule has 4 nitrogen and oxygen atoms in total. The van der Waals surface area contributed by atoms with E-state index in [-0.39, 0.29) is 0 Å². The quantitative estimate of drug-likeness (QED) is 0.773. The summed E-state index contributed by atoms with van der Waals surface area (Å²) in [5.74, 6) is 1.84. The Morgan fingerprint density at radius 2 is 1.96 bits per heavy atom. The standard InChI is InChI=1S/C18H28N2O2S/c1-23(21,22)11-5-10-19-18-9-8-16-13-20(14-17(16)18)12-15-6-3-2-4-7-15/h2-4,6-7,16-19H,5,8-14H2,1H3/t16-,17-,18+/m0/s1. The van der Waals surface area contributed by atoms with Gasteiger partial charge in [-0.15, -0.1) is 0 Å². The second kappa shape index (κ2) is 7.32. The van der Waals surface area contributed by atoms with Crippen LogP contribution in [0.2, 0.25) is 0 Å². The molecule has 1 saturated carbocycles. The van der Waals surface area contributed by atoms with E-state index in [1.165, 1.54) is 37.8 Å². The second-order valence-electron chi connectivity index (χ2n) is 7.23. The number of sulfone groups is 1. The summed E-state index contributed by atoms with van der Waals surface area (Å²) in [4.78, 5) is 2.58. The Morgan fingerprint density at radius 1 is 1.17 bits per heavy atom. The lowest BCUT2D eigenvalue weighted by molar-refractivity contribution is 0.289. The zero-order valence-corrected chi connectivity index (χ0v) is 14.8. The fourth-order valence-electron chi connectivity index (χ4n) is 4.20. The molecule has 1 N–H and O–H groups in total. The first kappa shape index (κ1) is 16.9. The third-order valence-corrected chi connectivity index (χ3v) is 6.31. The van der Waals surface area contributed by atoms with Crippen molar-refractivity contribution in [1.82, 2.24) is 10.2 Å². The molecule has 1 aliphatic carbocycles. The molecule has 1 aromatic carbocycles. The minimum absolute atomic E-state index is 0.293. The van der Waals surface area contributed by atoms with Gasteiger partial charge in [-0.05, 0) is 43.2 Å². The summed E-state index contributed by atoms with van der Waals surface area (Å²) in [5.41, 5.74) is 1.39. The van der Waals surface area contributed by atoms with Gasteiger partial charge in [0.25, 0.3) is 0 Å². The Kier molecular flexibility index (Phi) is 5.39. The van der Waals surface area contributed by atoms with Gasteiger partial charge in [0, 0.05) is 31.9 Å². The number of likely N-dealkylation sites (tertiary alicyclic amines) is 1. The Balaban J connectivity index is 1.45. The maximum atomic E-state index is 11.2. The first-order valence-corrected chi connectivity index (χ1v) is 10.7. The number of hydrogen-bond acceptors (Lipinski definition) is 4. The number of nitrogens with one attached hydrogen (secondary N) is 1. The Hall–Kier alpha value is -0.910. The molecule has 0 bridgehead atoms. The highest BCUT2D eigenvalue weighted by atomic mass is 32.2. The van der Waals surface area contributed by atoms with Crippen molar-refractivity contribution in [2.75, 3.05) is 31.6 Å². The van der Waals surface area contributed by atoms with Crippen LogP contribution in [-0.4, -0.2) is 51.0 Å². The molecule has 0 unspecified atom stereocenters. The zero-order chi connectivity index (χ0) is 16.3. The normalized spacial score (nSPS) is 28.1. The van der Waals surface area contributed by atoms with E-state index in [1.54, 1.807) is 0 Å². The van der Waals surface area contributed by atoms with Crippen molar-refractivity contribution in [3.05, 3.63) is 35.9 Å².